The number of pyridine rings is 1. The molecule has 0 N–H and O–H groups in total. The summed E-state index contributed by atoms with van der Waals surface area (Å²) in [5.41, 5.74) is 2.84. The minimum Gasteiger partial charge on any atom is -0.315 e. The van der Waals surface area contributed by atoms with Gasteiger partial charge in [-0.2, -0.15) is 0 Å². The van der Waals surface area contributed by atoms with E-state index in [1.165, 1.54) is 0 Å². The van der Waals surface area contributed by atoms with E-state index in [0.717, 1.165) is 16.8 Å². The van der Waals surface area contributed by atoms with Crippen molar-refractivity contribution in [2.24, 2.45) is 0 Å². The Hall–Kier alpha value is -2.65. The standard InChI is InChI=1S/C21H19ClN2O/c1-24(19-7-3-2-4-8-19)21(25)20(14-16-6-5-13-23-15-16)17-9-11-18(22)12-10-17/h2-13,15,20H,14H2,1H3. The first kappa shape index (κ1) is 17.2. The van der Waals surface area contributed by atoms with Crippen LogP contribution in [0.3, 0.4) is 0 Å². The van der Waals surface area contributed by atoms with Gasteiger partial charge in [-0.15, -0.1) is 0 Å². The molecule has 0 aliphatic carbocycles. The van der Waals surface area contributed by atoms with Gasteiger partial charge in [0, 0.05) is 30.2 Å². The van der Waals surface area contributed by atoms with Crippen LogP contribution in [0.2, 0.25) is 5.02 Å². The zero-order chi connectivity index (χ0) is 17.6. The van der Waals surface area contributed by atoms with E-state index in [1.54, 1.807) is 17.3 Å². The van der Waals surface area contributed by atoms with Crippen molar-refractivity contribution in [2.45, 2.75) is 12.3 Å². The summed E-state index contributed by atoms with van der Waals surface area (Å²) in [6.07, 6.45) is 4.13. The molecule has 1 atom stereocenters. The second-order valence-corrected chi connectivity index (χ2v) is 6.34. The summed E-state index contributed by atoms with van der Waals surface area (Å²) in [6, 6.07) is 21.0. The highest BCUT2D eigenvalue weighted by Crippen LogP contribution is 2.26. The van der Waals surface area contributed by atoms with E-state index in [-0.39, 0.29) is 11.8 Å². The van der Waals surface area contributed by atoms with Crippen molar-refractivity contribution in [3.05, 3.63) is 95.3 Å². The summed E-state index contributed by atoms with van der Waals surface area (Å²) in [7, 11) is 1.81. The molecule has 1 unspecified atom stereocenters. The van der Waals surface area contributed by atoms with Gasteiger partial charge >= 0.3 is 0 Å². The lowest BCUT2D eigenvalue weighted by atomic mass is 9.91. The van der Waals surface area contributed by atoms with Gasteiger partial charge < -0.3 is 4.90 Å². The van der Waals surface area contributed by atoms with Crippen molar-refractivity contribution in [1.82, 2.24) is 4.98 Å². The number of aromatic nitrogens is 1. The van der Waals surface area contributed by atoms with E-state index >= 15 is 0 Å². The zero-order valence-electron chi connectivity index (χ0n) is 14.0. The Kier molecular flexibility index (Phi) is 5.46. The van der Waals surface area contributed by atoms with Gasteiger partial charge in [-0.3, -0.25) is 9.78 Å². The number of hydrogen-bond donors (Lipinski definition) is 0. The fraction of sp³-hybridized carbons (Fsp3) is 0.143. The van der Waals surface area contributed by atoms with Gasteiger partial charge in [-0.05, 0) is 47.9 Å². The maximum Gasteiger partial charge on any atom is 0.234 e. The number of likely N-dealkylation sites (N-methyl/N-ethyl adjacent to an activating group) is 1. The third-order valence-corrected chi connectivity index (χ3v) is 4.46. The molecular formula is C21H19ClN2O. The lowest BCUT2D eigenvalue weighted by molar-refractivity contribution is -0.119. The molecule has 0 saturated heterocycles. The minimum absolute atomic E-state index is 0.0392. The number of nitrogens with zero attached hydrogens (tertiary/aromatic N) is 2. The lowest BCUT2D eigenvalue weighted by Crippen LogP contribution is -2.32. The fourth-order valence-electron chi connectivity index (χ4n) is 2.81. The third kappa shape index (κ3) is 4.25. The number of amides is 1. The minimum atomic E-state index is -0.299. The molecule has 0 fully saturated rings. The van der Waals surface area contributed by atoms with Crippen LogP contribution in [-0.2, 0) is 11.2 Å². The number of carbonyl (C=O) groups excluding carboxylic acids is 1. The number of halogens is 1. The largest absolute Gasteiger partial charge is 0.315 e. The Morgan fingerprint density at radius 1 is 1.04 bits per heavy atom. The number of anilines is 1. The molecule has 0 saturated carbocycles. The summed E-state index contributed by atoms with van der Waals surface area (Å²) in [4.78, 5) is 19.1. The lowest BCUT2D eigenvalue weighted by Gasteiger charge is -2.24. The van der Waals surface area contributed by atoms with Gasteiger partial charge in [0.2, 0.25) is 5.91 Å². The number of hydrogen-bond acceptors (Lipinski definition) is 2. The molecule has 1 aromatic heterocycles. The van der Waals surface area contributed by atoms with Crippen LogP contribution in [-0.4, -0.2) is 17.9 Å². The van der Waals surface area contributed by atoms with Gasteiger partial charge in [-0.25, -0.2) is 0 Å². The first-order valence-electron chi connectivity index (χ1n) is 8.12. The van der Waals surface area contributed by atoms with Crippen molar-refractivity contribution in [3.8, 4) is 0 Å². The predicted octanol–water partition coefficient (Wildman–Crippen LogP) is 4.72. The highest BCUT2D eigenvalue weighted by atomic mass is 35.5. The SMILES string of the molecule is CN(C(=O)C(Cc1cccnc1)c1ccc(Cl)cc1)c1ccccc1. The zero-order valence-corrected chi connectivity index (χ0v) is 14.7. The van der Waals surface area contributed by atoms with Gasteiger partial charge in [0.1, 0.15) is 0 Å². The summed E-state index contributed by atoms with van der Waals surface area (Å²) in [6.45, 7) is 0. The highest BCUT2D eigenvalue weighted by Gasteiger charge is 2.25. The van der Waals surface area contributed by atoms with Gasteiger partial charge in [0.15, 0.2) is 0 Å². The highest BCUT2D eigenvalue weighted by molar-refractivity contribution is 6.30. The molecule has 2 aromatic carbocycles. The van der Waals surface area contributed by atoms with Crippen molar-refractivity contribution in [2.75, 3.05) is 11.9 Å². The van der Waals surface area contributed by atoms with Gasteiger partial charge in [0.25, 0.3) is 0 Å². The molecule has 25 heavy (non-hydrogen) atoms. The first-order chi connectivity index (χ1) is 12.1. The van der Waals surface area contributed by atoms with E-state index in [9.17, 15) is 4.79 Å². The molecule has 0 radical (unpaired) electrons. The van der Waals surface area contributed by atoms with Crippen LogP contribution in [0.25, 0.3) is 0 Å². The Morgan fingerprint density at radius 2 is 1.76 bits per heavy atom. The van der Waals surface area contributed by atoms with Crippen LogP contribution >= 0.6 is 11.6 Å². The molecule has 3 rings (SSSR count). The molecule has 4 heteroatoms. The van der Waals surface area contributed by atoms with Crippen LogP contribution in [0.1, 0.15) is 17.0 Å². The molecule has 0 bridgehead atoms. The number of benzene rings is 2. The second kappa shape index (κ2) is 7.95. The number of para-hydroxylation sites is 1. The molecule has 0 aliphatic rings. The molecule has 1 amide bonds. The summed E-state index contributed by atoms with van der Waals surface area (Å²) >= 11 is 6.01. The molecular weight excluding hydrogens is 332 g/mol. The number of rotatable bonds is 5. The van der Waals surface area contributed by atoms with Gasteiger partial charge in [0.05, 0.1) is 5.92 Å². The van der Waals surface area contributed by atoms with Crippen molar-refractivity contribution in [1.29, 1.82) is 0 Å². The van der Waals surface area contributed by atoms with E-state index in [0.29, 0.717) is 11.4 Å². The topological polar surface area (TPSA) is 33.2 Å². The Balaban J connectivity index is 1.92. The Labute approximate surface area is 152 Å². The molecule has 1 heterocycles. The molecule has 3 aromatic rings. The fourth-order valence-corrected chi connectivity index (χ4v) is 2.94. The molecule has 0 spiro atoms. The van der Waals surface area contributed by atoms with Crippen LogP contribution < -0.4 is 4.90 Å². The predicted molar refractivity (Wildman–Crippen MR) is 102 cm³/mol. The van der Waals surface area contributed by atoms with Crippen LogP contribution in [0.4, 0.5) is 5.69 Å². The quantitative estimate of drug-likeness (QED) is 0.666. The van der Waals surface area contributed by atoms with Crippen molar-refractivity contribution in [3.63, 3.8) is 0 Å². The van der Waals surface area contributed by atoms with Crippen LogP contribution in [0, 0.1) is 0 Å². The van der Waals surface area contributed by atoms with Crippen molar-refractivity contribution >= 4 is 23.2 Å². The molecule has 0 aliphatic heterocycles. The van der Waals surface area contributed by atoms with E-state index < -0.39 is 0 Å². The average Bonchev–Trinajstić information content (AvgIpc) is 2.67. The maximum atomic E-state index is 13.2. The van der Waals surface area contributed by atoms with Crippen molar-refractivity contribution < 1.29 is 4.79 Å². The third-order valence-electron chi connectivity index (χ3n) is 4.21. The smallest absolute Gasteiger partial charge is 0.234 e. The Morgan fingerprint density at radius 3 is 2.40 bits per heavy atom. The van der Waals surface area contributed by atoms with Crippen LogP contribution in [0.5, 0.6) is 0 Å². The molecule has 3 nitrogen and oxygen atoms in total. The Bertz CT molecular complexity index is 820. The van der Waals surface area contributed by atoms with E-state index in [4.69, 9.17) is 11.6 Å². The summed E-state index contributed by atoms with van der Waals surface area (Å²) in [5.74, 6) is -0.260. The van der Waals surface area contributed by atoms with Gasteiger partial charge in [-0.1, -0.05) is 48.0 Å². The maximum absolute atomic E-state index is 13.2. The first-order valence-corrected chi connectivity index (χ1v) is 8.50. The average molecular weight is 351 g/mol. The summed E-state index contributed by atoms with van der Waals surface area (Å²) in [5, 5.41) is 0.660. The van der Waals surface area contributed by atoms with E-state index in [2.05, 4.69) is 4.98 Å². The normalized spacial score (nSPS) is 11.8. The molecule has 126 valence electrons. The summed E-state index contributed by atoms with van der Waals surface area (Å²) < 4.78 is 0. The monoisotopic (exact) mass is 350 g/mol. The van der Waals surface area contributed by atoms with Crippen LogP contribution in [0.15, 0.2) is 79.1 Å². The second-order valence-electron chi connectivity index (χ2n) is 5.90. The number of carbonyl (C=O) groups is 1. The van der Waals surface area contributed by atoms with E-state index in [1.807, 2.05) is 73.8 Å².